The first kappa shape index (κ1) is 12.8. The molecule has 2 rings (SSSR count). The van der Waals surface area contributed by atoms with E-state index in [9.17, 15) is 9.90 Å². The largest absolute Gasteiger partial charge is 0.511 e. The molecular formula is C14H14ClNO2. The summed E-state index contributed by atoms with van der Waals surface area (Å²) in [7, 11) is 0. The summed E-state index contributed by atoms with van der Waals surface area (Å²) in [5.41, 5.74) is 0.947. The molecule has 94 valence electrons. The molecule has 1 aromatic carbocycles. The second-order valence-corrected chi connectivity index (χ2v) is 4.80. The van der Waals surface area contributed by atoms with Crippen LogP contribution in [-0.2, 0) is 4.79 Å². The molecule has 0 heterocycles. The van der Waals surface area contributed by atoms with Gasteiger partial charge in [0.15, 0.2) is 5.78 Å². The number of aliphatic imine (C=N–C) groups is 1. The number of allylic oxidation sites excluding steroid dienone is 2. The number of aliphatic hydroxyl groups excluding tert-OH is 1. The summed E-state index contributed by atoms with van der Waals surface area (Å²) in [5.74, 6) is 0.119. The zero-order chi connectivity index (χ0) is 13.1. The van der Waals surface area contributed by atoms with Gasteiger partial charge < -0.3 is 5.11 Å². The molecule has 18 heavy (non-hydrogen) atoms. The van der Waals surface area contributed by atoms with Gasteiger partial charge in [-0.2, -0.15) is 0 Å². The molecule has 1 saturated carbocycles. The van der Waals surface area contributed by atoms with Crippen LogP contribution in [0.2, 0.25) is 5.02 Å². The van der Waals surface area contributed by atoms with E-state index in [2.05, 4.69) is 4.99 Å². The summed E-state index contributed by atoms with van der Waals surface area (Å²) < 4.78 is 0. The van der Waals surface area contributed by atoms with Crippen LogP contribution >= 0.6 is 11.6 Å². The zero-order valence-corrected chi connectivity index (χ0v) is 10.8. The van der Waals surface area contributed by atoms with Crippen molar-refractivity contribution in [2.75, 3.05) is 0 Å². The molecule has 0 aliphatic heterocycles. The fourth-order valence-corrected chi connectivity index (χ4v) is 1.79. The number of carbonyl (C=O) groups excluding carboxylic acids is 1. The van der Waals surface area contributed by atoms with Crippen molar-refractivity contribution < 1.29 is 9.90 Å². The Morgan fingerprint density at radius 2 is 2.22 bits per heavy atom. The summed E-state index contributed by atoms with van der Waals surface area (Å²) in [4.78, 5) is 15.6. The van der Waals surface area contributed by atoms with Crippen molar-refractivity contribution in [1.29, 1.82) is 0 Å². The van der Waals surface area contributed by atoms with Crippen molar-refractivity contribution in [2.24, 2.45) is 10.9 Å². The molecule has 4 heteroatoms. The lowest BCUT2D eigenvalue weighted by Gasteiger charge is -2.01. The number of rotatable bonds is 4. The average molecular weight is 264 g/mol. The number of hydrogen-bond donors (Lipinski definition) is 1. The van der Waals surface area contributed by atoms with Crippen LogP contribution < -0.4 is 0 Å². The average Bonchev–Trinajstić information content (AvgIpc) is 3.12. The normalized spacial score (nSPS) is 16.8. The Balaban J connectivity index is 2.24. The van der Waals surface area contributed by atoms with Crippen LogP contribution in [0.4, 0.5) is 5.69 Å². The highest BCUT2D eigenvalue weighted by atomic mass is 35.5. The minimum atomic E-state index is -0.176. The third kappa shape index (κ3) is 3.20. The van der Waals surface area contributed by atoms with E-state index in [0.717, 1.165) is 12.8 Å². The smallest absolute Gasteiger partial charge is 0.164 e. The van der Waals surface area contributed by atoms with Crippen LogP contribution in [0.1, 0.15) is 19.8 Å². The predicted octanol–water partition coefficient (Wildman–Crippen LogP) is 3.85. The minimum Gasteiger partial charge on any atom is -0.511 e. The fourth-order valence-electron chi connectivity index (χ4n) is 1.61. The summed E-state index contributed by atoms with van der Waals surface area (Å²) >= 11 is 5.84. The lowest BCUT2D eigenvalue weighted by molar-refractivity contribution is -0.113. The van der Waals surface area contributed by atoms with E-state index in [0.29, 0.717) is 10.7 Å². The molecule has 1 aliphatic carbocycles. The molecule has 0 radical (unpaired) electrons. The maximum Gasteiger partial charge on any atom is 0.164 e. The standard InChI is InChI=1S/C14H14ClNO2/c1-9(17)13(14(18)10-5-6-10)8-16-12-4-2-3-11(15)7-12/h2-4,7-8,10,18H,5-6H2,1H3. The van der Waals surface area contributed by atoms with E-state index in [1.165, 1.54) is 13.1 Å². The molecule has 0 aromatic heterocycles. The molecule has 1 aliphatic rings. The molecule has 3 nitrogen and oxygen atoms in total. The van der Waals surface area contributed by atoms with Gasteiger partial charge in [-0.3, -0.25) is 9.79 Å². The van der Waals surface area contributed by atoms with Crippen LogP contribution in [0, 0.1) is 5.92 Å². The molecule has 0 saturated heterocycles. The van der Waals surface area contributed by atoms with E-state index in [1.807, 2.05) is 0 Å². The predicted molar refractivity (Wildman–Crippen MR) is 72.7 cm³/mol. The van der Waals surface area contributed by atoms with E-state index >= 15 is 0 Å². The fraction of sp³-hybridized carbons (Fsp3) is 0.286. The van der Waals surface area contributed by atoms with Crippen LogP contribution in [0.25, 0.3) is 0 Å². The Labute approximate surface area is 111 Å². The first-order valence-corrected chi connectivity index (χ1v) is 6.19. The first-order valence-electron chi connectivity index (χ1n) is 5.81. The lowest BCUT2D eigenvalue weighted by atomic mass is 10.1. The van der Waals surface area contributed by atoms with E-state index < -0.39 is 0 Å². The Hall–Kier alpha value is -1.61. The summed E-state index contributed by atoms with van der Waals surface area (Å²) in [6.07, 6.45) is 3.29. The van der Waals surface area contributed by atoms with Gasteiger partial charge in [0.05, 0.1) is 11.3 Å². The minimum absolute atomic E-state index is 0.134. The highest BCUT2D eigenvalue weighted by Crippen LogP contribution is 2.36. The Kier molecular flexibility index (Phi) is 3.82. The van der Waals surface area contributed by atoms with Crippen LogP contribution in [0.5, 0.6) is 0 Å². The molecule has 1 fully saturated rings. The molecule has 0 atom stereocenters. The van der Waals surface area contributed by atoms with Gasteiger partial charge in [-0.1, -0.05) is 17.7 Å². The summed E-state index contributed by atoms with van der Waals surface area (Å²) in [6, 6.07) is 7.02. The number of benzene rings is 1. The van der Waals surface area contributed by atoms with E-state index in [1.54, 1.807) is 24.3 Å². The number of aliphatic hydroxyl groups is 1. The Morgan fingerprint density at radius 1 is 1.50 bits per heavy atom. The van der Waals surface area contributed by atoms with Gasteiger partial charge in [0.2, 0.25) is 0 Å². The second kappa shape index (κ2) is 5.36. The van der Waals surface area contributed by atoms with Gasteiger partial charge in [0.25, 0.3) is 0 Å². The van der Waals surface area contributed by atoms with Crippen molar-refractivity contribution in [2.45, 2.75) is 19.8 Å². The van der Waals surface area contributed by atoms with Crippen LogP contribution in [0.3, 0.4) is 0 Å². The topological polar surface area (TPSA) is 49.7 Å². The Bertz CT molecular complexity index is 530. The van der Waals surface area contributed by atoms with Crippen molar-refractivity contribution in [1.82, 2.24) is 0 Å². The summed E-state index contributed by atoms with van der Waals surface area (Å²) in [5, 5.41) is 10.5. The summed E-state index contributed by atoms with van der Waals surface area (Å²) in [6.45, 7) is 1.43. The monoisotopic (exact) mass is 263 g/mol. The van der Waals surface area contributed by atoms with Gasteiger partial charge in [0.1, 0.15) is 5.76 Å². The lowest BCUT2D eigenvalue weighted by Crippen LogP contribution is -2.04. The molecule has 1 aromatic rings. The number of Topliss-reactive ketones (excluding diaryl/α,β-unsaturated/α-hetero) is 1. The van der Waals surface area contributed by atoms with Gasteiger partial charge in [-0.25, -0.2) is 0 Å². The number of ketones is 1. The van der Waals surface area contributed by atoms with Gasteiger partial charge >= 0.3 is 0 Å². The number of carbonyl (C=O) groups is 1. The third-order valence-corrected chi connectivity index (χ3v) is 3.01. The molecular weight excluding hydrogens is 250 g/mol. The third-order valence-electron chi connectivity index (χ3n) is 2.77. The maximum atomic E-state index is 11.5. The van der Waals surface area contributed by atoms with Crippen LogP contribution in [0.15, 0.2) is 40.6 Å². The van der Waals surface area contributed by atoms with Crippen LogP contribution in [-0.4, -0.2) is 17.1 Å². The van der Waals surface area contributed by atoms with Gasteiger partial charge in [-0.05, 0) is 38.0 Å². The first-order chi connectivity index (χ1) is 8.58. The van der Waals surface area contributed by atoms with E-state index in [4.69, 9.17) is 11.6 Å². The van der Waals surface area contributed by atoms with Crippen molar-refractivity contribution in [3.8, 4) is 0 Å². The highest BCUT2D eigenvalue weighted by molar-refractivity contribution is 6.30. The van der Waals surface area contributed by atoms with Gasteiger partial charge in [0, 0.05) is 17.2 Å². The number of hydrogen-bond acceptors (Lipinski definition) is 3. The molecule has 0 amide bonds. The van der Waals surface area contributed by atoms with Crippen molar-refractivity contribution in [3.05, 3.63) is 40.6 Å². The second-order valence-electron chi connectivity index (χ2n) is 4.37. The Morgan fingerprint density at radius 3 is 2.78 bits per heavy atom. The number of halogens is 1. The molecule has 1 N–H and O–H groups in total. The SMILES string of the molecule is CC(=O)C(C=Nc1cccc(Cl)c1)=C(O)C1CC1. The molecule has 0 unspecified atom stereocenters. The molecule has 0 spiro atoms. The molecule has 0 bridgehead atoms. The van der Waals surface area contributed by atoms with E-state index in [-0.39, 0.29) is 23.0 Å². The van der Waals surface area contributed by atoms with Crippen molar-refractivity contribution in [3.63, 3.8) is 0 Å². The quantitative estimate of drug-likeness (QED) is 0.509. The number of nitrogens with zero attached hydrogens (tertiary/aromatic N) is 1. The zero-order valence-electron chi connectivity index (χ0n) is 10.1. The van der Waals surface area contributed by atoms with Gasteiger partial charge in [-0.15, -0.1) is 0 Å². The highest BCUT2D eigenvalue weighted by Gasteiger charge is 2.29. The van der Waals surface area contributed by atoms with Crippen molar-refractivity contribution >= 4 is 29.3 Å². The maximum absolute atomic E-state index is 11.5.